The number of hydrogen-bond donors (Lipinski definition) is 0. The molecule has 0 aliphatic rings. The highest BCUT2D eigenvalue weighted by atomic mass is 35.5. The SMILES string of the molecule is FC(F)Oc1c(Cl)cccc1-n1cccn1. The van der Waals surface area contributed by atoms with Crippen molar-refractivity contribution in [1.29, 1.82) is 0 Å². The van der Waals surface area contributed by atoms with Crippen molar-refractivity contribution in [2.24, 2.45) is 0 Å². The molecule has 84 valence electrons. The van der Waals surface area contributed by atoms with Crippen LogP contribution in [0.2, 0.25) is 5.02 Å². The molecule has 0 spiro atoms. The van der Waals surface area contributed by atoms with E-state index in [0.29, 0.717) is 5.69 Å². The van der Waals surface area contributed by atoms with E-state index in [2.05, 4.69) is 9.84 Å². The van der Waals surface area contributed by atoms with Crippen LogP contribution in [0.1, 0.15) is 0 Å². The second-order valence-electron chi connectivity index (χ2n) is 2.92. The molecule has 1 aromatic heterocycles. The van der Waals surface area contributed by atoms with Crippen LogP contribution in [0.5, 0.6) is 5.75 Å². The van der Waals surface area contributed by atoms with Crippen LogP contribution in [0.25, 0.3) is 5.69 Å². The fourth-order valence-corrected chi connectivity index (χ4v) is 1.51. The maximum Gasteiger partial charge on any atom is 0.387 e. The monoisotopic (exact) mass is 244 g/mol. The van der Waals surface area contributed by atoms with E-state index in [0.717, 1.165) is 0 Å². The molecule has 0 aliphatic carbocycles. The van der Waals surface area contributed by atoms with Crippen LogP contribution in [0.3, 0.4) is 0 Å². The minimum Gasteiger partial charge on any atom is -0.431 e. The van der Waals surface area contributed by atoms with Gasteiger partial charge in [-0.05, 0) is 18.2 Å². The smallest absolute Gasteiger partial charge is 0.387 e. The average Bonchev–Trinajstić information content (AvgIpc) is 2.73. The van der Waals surface area contributed by atoms with E-state index in [1.807, 2.05) is 0 Å². The highest BCUT2D eigenvalue weighted by molar-refractivity contribution is 6.32. The zero-order valence-corrected chi connectivity index (χ0v) is 8.73. The largest absolute Gasteiger partial charge is 0.431 e. The Morgan fingerprint density at radius 3 is 2.75 bits per heavy atom. The van der Waals surface area contributed by atoms with Gasteiger partial charge >= 0.3 is 6.61 Å². The van der Waals surface area contributed by atoms with Gasteiger partial charge in [-0.25, -0.2) is 4.68 Å². The van der Waals surface area contributed by atoms with Crippen LogP contribution in [-0.4, -0.2) is 16.4 Å². The Morgan fingerprint density at radius 2 is 2.12 bits per heavy atom. The van der Waals surface area contributed by atoms with Gasteiger partial charge in [-0.1, -0.05) is 17.7 Å². The molecule has 1 aromatic carbocycles. The highest BCUT2D eigenvalue weighted by Gasteiger charge is 2.14. The normalized spacial score (nSPS) is 10.8. The van der Waals surface area contributed by atoms with Gasteiger partial charge in [0.15, 0.2) is 5.75 Å². The number of rotatable bonds is 3. The van der Waals surface area contributed by atoms with E-state index < -0.39 is 6.61 Å². The van der Waals surface area contributed by atoms with E-state index in [1.165, 1.54) is 16.9 Å². The molecular weight excluding hydrogens is 238 g/mol. The Morgan fingerprint density at radius 1 is 1.31 bits per heavy atom. The lowest BCUT2D eigenvalue weighted by Crippen LogP contribution is -2.06. The lowest BCUT2D eigenvalue weighted by atomic mass is 10.3. The van der Waals surface area contributed by atoms with Crippen molar-refractivity contribution >= 4 is 11.6 Å². The summed E-state index contributed by atoms with van der Waals surface area (Å²) in [6, 6.07) is 6.38. The molecule has 0 unspecified atom stereocenters. The summed E-state index contributed by atoms with van der Waals surface area (Å²) in [5.74, 6) is -0.0807. The number of halogens is 3. The van der Waals surface area contributed by atoms with Gasteiger partial charge in [-0.15, -0.1) is 0 Å². The standard InChI is InChI=1S/C10H7ClF2N2O/c11-7-3-1-4-8(9(7)16-10(12)13)15-6-2-5-14-15/h1-6,10H. The molecule has 0 atom stereocenters. The molecule has 0 fully saturated rings. The molecule has 2 rings (SSSR count). The number of para-hydroxylation sites is 1. The molecule has 0 saturated carbocycles. The Balaban J connectivity index is 2.48. The predicted molar refractivity (Wildman–Crippen MR) is 55.2 cm³/mol. The lowest BCUT2D eigenvalue weighted by molar-refractivity contribution is -0.0498. The topological polar surface area (TPSA) is 27.1 Å². The van der Waals surface area contributed by atoms with Gasteiger partial charge in [0.2, 0.25) is 0 Å². The third kappa shape index (κ3) is 2.14. The Labute approximate surface area is 95.2 Å². The summed E-state index contributed by atoms with van der Waals surface area (Å²) in [7, 11) is 0. The van der Waals surface area contributed by atoms with Crippen molar-refractivity contribution in [3.8, 4) is 11.4 Å². The summed E-state index contributed by atoms with van der Waals surface area (Å²) in [4.78, 5) is 0. The molecule has 6 heteroatoms. The van der Waals surface area contributed by atoms with Gasteiger partial charge in [0.1, 0.15) is 5.69 Å². The maximum absolute atomic E-state index is 12.2. The van der Waals surface area contributed by atoms with Crippen LogP contribution < -0.4 is 4.74 Å². The number of alkyl halides is 2. The molecular formula is C10H7ClF2N2O. The van der Waals surface area contributed by atoms with Crippen molar-refractivity contribution in [2.75, 3.05) is 0 Å². The number of ether oxygens (including phenoxy) is 1. The van der Waals surface area contributed by atoms with Gasteiger partial charge in [-0.3, -0.25) is 0 Å². The molecule has 0 aliphatic heterocycles. The van der Waals surface area contributed by atoms with Gasteiger partial charge < -0.3 is 4.74 Å². The second-order valence-corrected chi connectivity index (χ2v) is 3.32. The Kier molecular flexibility index (Phi) is 3.05. The van der Waals surface area contributed by atoms with Crippen LogP contribution >= 0.6 is 11.6 Å². The number of benzene rings is 1. The van der Waals surface area contributed by atoms with E-state index in [9.17, 15) is 8.78 Å². The first-order valence-electron chi connectivity index (χ1n) is 4.42. The zero-order chi connectivity index (χ0) is 11.5. The fraction of sp³-hybridized carbons (Fsp3) is 0.100. The highest BCUT2D eigenvalue weighted by Crippen LogP contribution is 2.32. The fourth-order valence-electron chi connectivity index (χ4n) is 1.29. The molecule has 0 saturated heterocycles. The van der Waals surface area contributed by atoms with Crippen molar-refractivity contribution in [3.05, 3.63) is 41.7 Å². The van der Waals surface area contributed by atoms with Crippen LogP contribution in [0.4, 0.5) is 8.78 Å². The van der Waals surface area contributed by atoms with Crippen molar-refractivity contribution < 1.29 is 13.5 Å². The quantitative estimate of drug-likeness (QED) is 0.829. The van der Waals surface area contributed by atoms with Gasteiger partial charge in [0.25, 0.3) is 0 Å². The van der Waals surface area contributed by atoms with Crippen LogP contribution in [0, 0.1) is 0 Å². The zero-order valence-electron chi connectivity index (χ0n) is 7.98. The first-order chi connectivity index (χ1) is 7.68. The Bertz CT molecular complexity index is 474. The molecule has 0 N–H and O–H groups in total. The van der Waals surface area contributed by atoms with E-state index >= 15 is 0 Å². The molecule has 16 heavy (non-hydrogen) atoms. The summed E-state index contributed by atoms with van der Waals surface area (Å²) in [5, 5.41) is 4.05. The third-order valence-corrected chi connectivity index (χ3v) is 2.20. The predicted octanol–water partition coefficient (Wildman–Crippen LogP) is 3.13. The summed E-state index contributed by atoms with van der Waals surface area (Å²) in [6.07, 6.45) is 3.15. The second kappa shape index (κ2) is 4.49. The van der Waals surface area contributed by atoms with E-state index in [4.69, 9.17) is 11.6 Å². The average molecular weight is 245 g/mol. The molecule has 1 heterocycles. The lowest BCUT2D eigenvalue weighted by Gasteiger charge is -2.11. The van der Waals surface area contributed by atoms with Crippen LogP contribution in [-0.2, 0) is 0 Å². The van der Waals surface area contributed by atoms with Gasteiger partial charge in [-0.2, -0.15) is 13.9 Å². The molecule has 3 nitrogen and oxygen atoms in total. The van der Waals surface area contributed by atoms with Crippen molar-refractivity contribution in [2.45, 2.75) is 6.61 Å². The molecule has 0 amide bonds. The Hall–Kier alpha value is -1.62. The summed E-state index contributed by atoms with van der Waals surface area (Å²) >= 11 is 5.79. The minimum atomic E-state index is -2.92. The molecule has 0 radical (unpaired) electrons. The summed E-state index contributed by atoms with van der Waals surface area (Å²) < 4.78 is 30.2. The van der Waals surface area contributed by atoms with E-state index in [1.54, 1.807) is 24.4 Å². The van der Waals surface area contributed by atoms with Gasteiger partial charge in [0.05, 0.1) is 5.02 Å². The number of nitrogens with zero attached hydrogens (tertiary/aromatic N) is 2. The van der Waals surface area contributed by atoms with Crippen molar-refractivity contribution in [1.82, 2.24) is 9.78 Å². The van der Waals surface area contributed by atoms with Crippen LogP contribution in [0.15, 0.2) is 36.7 Å². The molecule has 0 bridgehead atoms. The number of aromatic nitrogens is 2. The number of hydrogen-bond acceptors (Lipinski definition) is 2. The third-order valence-electron chi connectivity index (χ3n) is 1.90. The first-order valence-corrected chi connectivity index (χ1v) is 4.79. The first kappa shape index (κ1) is 10.9. The van der Waals surface area contributed by atoms with Gasteiger partial charge in [0, 0.05) is 12.4 Å². The summed E-state index contributed by atoms with van der Waals surface area (Å²) in [5.41, 5.74) is 0.373. The molecule has 2 aromatic rings. The van der Waals surface area contributed by atoms with E-state index in [-0.39, 0.29) is 10.8 Å². The minimum absolute atomic E-state index is 0.0807. The summed E-state index contributed by atoms with van der Waals surface area (Å²) in [6.45, 7) is -2.92. The van der Waals surface area contributed by atoms with Crippen molar-refractivity contribution in [3.63, 3.8) is 0 Å². The maximum atomic E-state index is 12.2.